The summed E-state index contributed by atoms with van der Waals surface area (Å²) in [5.74, 6) is 1.06. The number of nitrogens with zero attached hydrogens (tertiary/aromatic N) is 5. The molecule has 0 radical (unpaired) electrons. The number of benzene rings is 2. The van der Waals surface area contributed by atoms with E-state index in [4.69, 9.17) is 0 Å². The molecule has 0 spiro atoms. The normalized spacial score (nSPS) is 12.8. The molecule has 0 saturated heterocycles. The molecule has 4 rings (SSSR count). The molecule has 2 aromatic heterocycles. The lowest BCUT2D eigenvalue weighted by Crippen LogP contribution is -2.39. The van der Waals surface area contributed by atoms with Crippen LogP contribution in [0.2, 0.25) is 0 Å². The predicted molar refractivity (Wildman–Crippen MR) is 144 cm³/mol. The fourth-order valence-electron chi connectivity index (χ4n) is 4.02. The lowest BCUT2D eigenvalue weighted by atomic mass is 9.99. The number of carbonyl (C=O) groups is 1. The zero-order chi connectivity index (χ0) is 25.7. The first kappa shape index (κ1) is 25.5. The molecule has 2 heterocycles. The number of hydrogen-bond donors (Lipinski definition) is 2. The third kappa shape index (κ3) is 5.80. The maximum absolute atomic E-state index is 12.7. The van der Waals surface area contributed by atoms with Gasteiger partial charge < -0.3 is 0 Å². The smallest absolute Gasteiger partial charge is 0.292 e. The number of carbonyl (C=O) groups excluding carboxylic acids is 1. The molecule has 9 heteroatoms. The van der Waals surface area contributed by atoms with Crippen molar-refractivity contribution in [1.82, 2.24) is 30.2 Å². The van der Waals surface area contributed by atoms with Crippen LogP contribution in [0.1, 0.15) is 62.8 Å². The molecular formula is C27H33N7OS. The van der Waals surface area contributed by atoms with Gasteiger partial charge in [0.05, 0.1) is 11.7 Å². The minimum absolute atomic E-state index is 0.0564. The number of hydrazine groups is 1. The van der Waals surface area contributed by atoms with Crippen LogP contribution in [0.5, 0.6) is 0 Å². The zero-order valence-corrected chi connectivity index (χ0v) is 22.2. The molecule has 188 valence electrons. The summed E-state index contributed by atoms with van der Waals surface area (Å²) in [6, 6.07) is 14.0. The Balaban J connectivity index is 1.47. The van der Waals surface area contributed by atoms with Crippen molar-refractivity contribution >= 4 is 17.4 Å². The minimum atomic E-state index is -0.436. The van der Waals surface area contributed by atoms with Gasteiger partial charge in [0.25, 0.3) is 0 Å². The van der Waals surface area contributed by atoms with Crippen LogP contribution >= 0.6 is 11.3 Å². The van der Waals surface area contributed by atoms with E-state index >= 15 is 0 Å². The van der Waals surface area contributed by atoms with Gasteiger partial charge >= 0.3 is 6.03 Å². The van der Waals surface area contributed by atoms with Gasteiger partial charge in [0.1, 0.15) is 6.33 Å². The van der Waals surface area contributed by atoms with E-state index in [0.717, 1.165) is 35.3 Å². The Labute approximate surface area is 215 Å². The third-order valence-electron chi connectivity index (χ3n) is 6.05. The first-order chi connectivity index (χ1) is 17.4. The molecule has 0 fully saturated rings. The van der Waals surface area contributed by atoms with E-state index < -0.39 is 6.03 Å². The first-order valence-corrected chi connectivity index (χ1v) is 13.1. The SMILES string of the molecule is CCC(NNC(=O)N=c1sccn1-c1cc(C)ccc1C(C)C)c1ccc(-c2ncn(CC)n2)cc1. The van der Waals surface area contributed by atoms with Gasteiger partial charge in [-0.1, -0.05) is 57.2 Å². The highest BCUT2D eigenvalue weighted by atomic mass is 32.1. The summed E-state index contributed by atoms with van der Waals surface area (Å²) in [6.45, 7) is 11.3. The summed E-state index contributed by atoms with van der Waals surface area (Å²) < 4.78 is 3.79. The number of nitrogens with one attached hydrogen (secondary N) is 2. The number of aryl methyl sites for hydroxylation is 2. The van der Waals surface area contributed by atoms with E-state index in [-0.39, 0.29) is 6.04 Å². The Morgan fingerprint density at radius 1 is 1.14 bits per heavy atom. The Morgan fingerprint density at radius 2 is 1.92 bits per heavy atom. The molecule has 36 heavy (non-hydrogen) atoms. The monoisotopic (exact) mass is 503 g/mol. The van der Waals surface area contributed by atoms with E-state index in [1.54, 1.807) is 11.0 Å². The van der Waals surface area contributed by atoms with E-state index in [2.05, 4.69) is 71.8 Å². The Bertz CT molecular complexity index is 1380. The molecule has 8 nitrogen and oxygen atoms in total. The van der Waals surface area contributed by atoms with E-state index in [9.17, 15) is 4.79 Å². The molecule has 0 saturated carbocycles. The van der Waals surface area contributed by atoms with Crippen LogP contribution < -0.4 is 15.7 Å². The lowest BCUT2D eigenvalue weighted by molar-refractivity contribution is 0.241. The largest absolute Gasteiger partial charge is 0.357 e. The molecule has 0 aliphatic carbocycles. The Hall–Kier alpha value is -3.56. The van der Waals surface area contributed by atoms with Crippen LogP contribution in [0.3, 0.4) is 0 Å². The average Bonchev–Trinajstić information content (AvgIpc) is 3.54. The second-order valence-corrected chi connectivity index (χ2v) is 9.84. The summed E-state index contributed by atoms with van der Waals surface area (Å²) in [4.78, 5) is 22.1. The molecule has 0 bridgehead atoms. The molecule has 0 aliphatic rings. The van der Waals surface area contributed by atoms with Crippen LogP contribution in [-0.2, 0) is 6.54 Å². The maximum Gasteiger partial charge on any atom is 0.357 e. The van der Waals surface area contributed by atoms with Crippen LogP contribution in [0.4, 0.5) is 4.79 Å². The van der Waals surface area contributed by atoms with Gasteiger partial charge in [0, 0.05) is 23.7 Å². The van der Waals surface area contributed by atoms with Crippen LogP contribution in [0, 0.1) is 6.92 Å². The zero-order valence-electron chi connectivity index (χ0n) is 21.4. The second kappa shape index (κ2) is 11.5. The van der Waals surface area contributed by atoms with Crippen molar-refractivity contribution in [2.75, 3.05) is 0 Å². The number of thiazole rings is 1. The van der Waals surface area contributed by atoms with Crippen molar-refractivity contribution in [1.29, 1.82) is 0 Å². The van der Waals surface area contributed by atoms with E-state index in [1.807, 2.05) is 47.3 Å². The van der Waals surface area contributed by atoms with Crippen LogP contribution in [0.15, 0.2) is 65.4 Å². The number of urea groups is 1. The summed E-state index contributed by atoms with van der Waals surface area (Å²) >= 11 is 1.43. The molecular weight excluding hydrogens is 470 g/mol. The van der Waals surface area contributed by atoms with Crippen molar-refractivity contribution < 1.29 is 4.79 Å². The first-order valence-electron chi connectivity index (χ1n) is 12.3. The highest BCUT2D eigenvalue weighted by Gasteiger charge is 2.13. The van der Waals surface area contributed by atoms with Crippen molar-refractivity contribution in [3.63, 3.8) is 0 Å². The highest BCUT2D eigenvalue weighted by Crippen LogP contribution is 2.24. The van der Waals surface area contributed by atoms with Crippen molar-refractivity contribution in [3.8, 4) is 17.1 Å². The van der Waals surface area contributed by atoms with Gasteiger partial charge in [-0.05, 0) is 48.9 Å². The molecule has 2 aromatic carbocycles. The summed E-state index contributed by atoms with van der Waals surface area (Å²) in [5.41, 5.74) is 11.3. The topological polar surface area (TPSA) is 89.1 Å². The predicted octanol–water partition coefficient (Wildman–Crippen LogP) is 5.52. The van der Waals surface area contributed by atoms with Crippen LogP contribution in [-0.4, -0.2) is 25.4 Å². The molecule has 4 aromatic rings. The van der Waals surface area contributed by atoms with Gasteiger partial charge in [0.2, 0.25) is 0 Å². The number of amides is 2. The van der Waals surface area contributed by atoms with Crippen molar-refractivity contribution in [3.05, 3.63) is 81.9 Å². The van der Waals surface area contributed by atoms with Crippen LogP contribution in [0.25, 0.3) is 17.1 Å². The highest BCUT2D eigenvalue weighted by molar-refractivity contribution is 7.07. The summed E-state index contributed by atoms with van der Waals surface area (Å²) in [5, 5.41) is 6.40. The van der Waals surface area contributed by atoms with E-state index in [1.165, 1.54) is 16.9 Å². The number of rotatable bonds is 8. The molecule has 1 atom stereocenters. The maximum atomic E-state index is 12.7. The average molecular weight is 504 g/mol. The van der Waals surface area contributed by atoms with Gasteiger partial charge in [-0.25, -0.2) is 15.2 Å². The van der Waals surface area contributed by atoms with Crippen molar-refractivity contribution in [2.45, 2.75) is 59.5 Å². The van der Waals surface area contributed by atoms with Gasteiger partial charge in [0.15, 0.2) is 10.6 Å². The number of hydrogen-bond acceptors (Lipinski definition) is 5. The Kier molecular flexibility index (Phi) is 8.12. The van der Waals surface area contributed by atoms with Gasteiger partial charge in [-0.3, -0.25) is 14.7 Å². The van der Waals surface area contributed by atoms with E-state index in [0.29, 0.717) is 16.5 Å². The summed E-state index contributed by atoms with van der Waals surface area (Å²) in [7, 11) is 0. The third-order valence-corrected chi connectivity index (χ3v) is 6.80. The number of aromatic nitrogens is 4. The standard InChI is InChI=1S/C27H33N7OS/c1-6-23(20-9-11-21(12-10-20)25-28-17-33(7-2)32-25)30-31-26(35)29-27-34(14-15-36-27)24-16-19(5)8-13-22(24)18(3)4/h8-18,23,30H,6-7H2,1-5H3,(H,31,35). The fourth-order valence-corrected chi connectivity index (χ4v) is 4.73. The molecule has 0 aliphatic heterocycles. The second-order valence-electron chi connectivity index (χ2n) is 8.97. The van der Waals surface area contributed by atoms with Gasteiger partial charge in [-0.2, -0.15) is 10.1 Å². The van der Waals surface area contributed by atoms with Gasteiger partial charge in [-0.15, -0.1) is 11.3 Å². The lowest BCUT2D eigenvalue weighted by Gasteiger charge is -2.17. The molecule has 2 amide bonds. The molecule has 1 unspecified atom stereocenters. The minimum Gasteiger partial charge on any atom is -0.292 e. The molecule has 2 N–H and O–H groups in total. The summed E-state index contributed by atoms with van der Waals surface area (Å²) in [6.07, 6.45) is 4.49. The fraction of sp³-hybridized carbons (Fsp3) is 0.333. The Morgan fingerprint density at radius 3 is 2.58 bits per heavy atom. The quantitative estimate of drug-likeness (QED) is 0.310. The van der Waals surface area contributed by atoms with Crippen molar-refractivity contribution in [2.24, 2.45) is 4.99 Å².